The van der Waals surface area contributed by atoms with Gasteiger partial charge in [-0.3, -0.25) is 4.79 Å². The van der Waals surface area contributed by atoms with Crippen LogP contribution in [0, 0.1) is 11.8 Å². The van der Waals surface area contributed by atoms with E-state index in [1.54, 1.807) is 0 Å². The molecule has 1 N–H and O–H groups in total. The van der Waals surface area contributed by atoms with Crippen LogP contribution in [0.1, 0.15) is 64.7 Å². The summed E-state index contributed by atoms with van der Waals surface area (Å²) in [5.41, 5.74) is 0. The molecule has 1 rings (SSSR count). The van der Waals surface area contributed by atoms with E-state index in [1.807, 2.05) is 0 Å². The maximum absolute atomic E-state index is 11.7. The molecular formula is C15H28O3. The predicted octanol–water partition coefficient (Wildman–Crippen LogP) is 3.30. The lowest BCUT2D eigenvalue weighted by Crippen LogP contribution is -2.31. The zero-order valence-electron chi connectivity index (χ0n) is 11.9. The van der Waals surface area contributed by atoms with Crippen molar-refractivity contribution in [1.82, 2.24) is 0 Å². The van der Waals surface area contributed by atoms with E-state index < -0.39 is 6.10 Å². The van der Waals surface area contributed by atoms with Gasteiger partial charge in [0.1, 0.15) is 0 Å². The van der Waals surface area contributed by atoms with Crippen molar-refractivity contribution in [2.75, 3.05) is 7.11 Å². The van der Waals surface area contributed by atoms with Crippen molar-refractivity contribution < 1.29 is 14.6 Å². The van der Waals surface area contributed by atoms with Crippen molar-refractivity contribution in [2.24, 2.45) is 11.8 Å². The van der Waals surface area contributed by atoms with Gasteiger partial charge in [-0.15, -0.1) is 0 Å². The highest BCUT2D eigenvalue weighted by molar-refractivity contribution is 5.72. The minimum absolute atomic E-state index is 0.244. The standard InChI is InChI=1S/C15H28O3/c1-3-4-10-13(15(17)18-2)14(16)11-12-8-6-5-7-9-12/h12-14,16H,3-11H2,1-2H3. The zero-order chi connectivity index (χ0) is 13.4. The maximum Gasteiger partial charge on any atom is 0.311 e. The molecule has 1 saturated carbocycles. The molecule has 1 aliphatic carbocycles. The number of aliphatic hydroxyl groups is 1. The maximum atomic E-state index is 11.7. The molecule has 1 aliphatic rings. The zero-order valence-corrected chi connectivity index (χ0v) is 11.9. The first-order chi connectivity index (χ1) is 8.69. The minimum Gasteiger partial charge on any atom is -0.469 e. The van der Waals surface area contributed by atoms with Crippen molar-refractivity contribution in [3.8, 4) is 0 Å². The fraction of sp³-hybridized carbons (Fsp3) is 0.933. The lowest BCUT2D eigenvalue weighted by Gasteiger charge is -2.27. The molecule has 3 nitrogen and oxygen atoms in total. The van der Waals surface area contributed by atoms with Gasteiger partial charge in [0.05, 0.1) is 19.1 Å². The van der Waals surface area contributed by atoms with Crippen LogP contribution in [0.2, 0.25) is 0 Å². The smallest absolute Gasteiger partial charge is 0.311 e. The van der Waals surface area contributed by atoms with E-state index in [-0.39, 0.29) is 11.9 Å². The summed E-state index contributed by atoms with van der Waals surface area (Å²) in [6.07, 6.45) is 9.29. The Bertz CT molecular complexity index is 234. The number of hydrogen-bond acceptors (Lipinski definition) is 3. The summed E-state index contributed by atoms with van der Waals surface area (Å²) in [6.45, 7) is 2.10. The van der Waals surface area contributed by atoms with Crippen molar-refractivity contribution in [1.29, 1.82) is 0 Å². The second kappa shape index (κ2) is 8.52. The summed E-state index contributed by atoms with van der Waals surface area (Å²) in [5, 5.41) is 10.3. The number of methoxy groups -OCH3 is 1. The molecule has 0 spiro atoms. The van der Waals surface area contributed by atoms with Crippen LogP contribution < -0.4 is 0 Å². The molecule has 1 fully saturated rings. The highest BCUT2D eigenvalue weighted by Crippen LogP contribution is 2.30. The molecule has 18 heavy (non-hydrogen) atoms. The fourth-order valence-corrected chi connectivity index (χ4v) is 2.97. The van der Waals surface area contributed by atoms with E-state index in [2.05, 4.69) is 6.92 Å². The molecule has 0 aromatic rings. The molecule has 2 atom stereocenters. The third kappa shape index (κ3) is 4.97. The summed E-state index contributed by atoms with van der Waals surface area (Å²) >= 11 is 0. The SMILES string of the molecule is CCCCC(C(=O)OC)C(O)CC1CCCCC1. The van der Waals surface area contributed by atoms with Crippen molar-refractivity contribution >= 4 is 5.97 Å². The molecule has 0 amide bonds. The van der Waals surface area contributed by atoms with Crippen LogP contribution in [0.4, 0.5) is 0 Å². The Hall–Kier alpha value is -0.570. The number of rotatable bonds is 7. The van der Waals surface area contributed by atoms with Gasteiger partial charge in [-0.05, 0) is 18.8 Å². The predicted molar refractivity (Wildman–Crippen MR) is 72.2 cm³/mol. The number of carbonyl (C=O) groups excluding carboxylic acids is 1. The van der Waals surface area contributed by atoms with E-state index in [0.29, 0.717) is 5.92 Å². The first-order valence-corrected chi connectivity index (χ1v) is 7.45. The Labute approximate surface area is 111 Å². The van der Waals surface area contributed by atoms with Gasteiger partial charge < -0.3 is 9.84 Å². The number of carbonyl (C=O) groups is 1. The van der Waals surface area contributed by atoms with Gasteiger partial charge >= 0.3 is 5.97 Å². The Morgan fingerprint density at radius 1 is 1.33 bits per heavy atom. The summed E-state index contributed by atoms with van der Waals surface area (Å²) < 4.78 is 4.82. The summed E-state index contributed by atoms with van der Waals surface area (Å²) in [4.78, 5) is 11.7. The molecule has 0 heterocycles. The van der Waals surface area contributed by atoms with Crippen molar-refractivity contribution in [3.63, 3.8) is 0 Å². The molecule has 0 bridgehead atoms. The molecule has 3 heteroatoms. The number of aliphatic hydroxyl groups excluding tert-OH is 1. The first-order valence-electron chi connectivity index (χ1n) is 7.45. The van der Waals surface area contributed by atoms with E-state index in [0.717, 1.165) is 25.7 Å². The second-order valence-corrected chi connectivity index (χ2v) is 5.58. The third-order valence-electron chi connectivity index (χ3n) is 4.14. The molecule has 0 aromatic heterocycles. The first kappa shape index (κ1) is 15.5. The van der Waals surface area contributed by atoms with Crippen molar-refractivity contribution in [3.05, 3.63) is 0 Å². The van der Waals surface area contributed by atoms with Crippen LogP contribution in [-0.2, 0) is 9.53 Å². The van der Waals surface area contributed by atoms with E-state index in [1.165, 1.54) is 39.2 Å². The Morgan fingerprint density at radius 3 is 2.56 bits per heavy atom. The highest BCUT2D eigenvalue weighted by Gasteiger charge is 2.29. The number of hydrogen-bond donors (Lipinski definition) is 1. The summed E-state index contributed by atoms with van der Waals surface area (Å²) in [5.74, 6) is 0.0335. The van der Waals surface area contributed by atoms with Gasteiger partial charge in [-0.1, -0.05) is 51.9 Å². The molecule has 0 radical (unpaired) electrons. The lowest BCUT2D eigenvalue weighted by atomic mass is 9.82. The van der Waals surface area contributed by atoms with Crippen LogP contribution in [0.25, 0.3) is 0 Å². The number of ether oxygens (including phenoxy) is 1. The molecule has 106 valence electrons. The number of esters is 1. The Balaban J connectivity index is 2.46. The lowest BCUT2D eigenvalue weighted by molar-refractivity contribution is -0.150. The van der Waals surface area contributed by atoms with E-state index in [4.69, 9.17) is 4.74 Å². The average Bonchev–Trinajstić information content (AvgIpc) is 2.40. The normalized spacial score (nSPS) is 20.4. The topological polar surface area (TPSA) is 46.5 Å². The molecule has 0 saturated heterocycles. The molecule has 0 aromatic carbocycles. The van der Waals surface area contributed by atoms with Gasteiger partial charge in [0.2, 0.25) is 0 Å². The molecule has 0 aliphatic heterocycles. The van der Waals surface area contributed by atoms with Gasteiger partial charge in [0.15, 0.2) is 0 Å². The van der Waals surface area contributed by atoms with Crippen LogP contribution in [0.15, 0.2) is 0 Å². The fourth-order valence-electron chi connectivity index (χ4n) is 2.97. The average molecular weight is 256 g/mol. The van der Waals surface area contributed by atoms with Gasteiger partial charge in [-0.25, -0.2) is 0 Å². The number of unbranched alkanes of at least 4 members (excludes halogenated alkanes) is 1. The van der Waals surface area contributed by atoms with E-state index >= 15 is 0 Å². The van der Waals surface area contributed by atoms with Crippen molar-refractivity contribution in [2.45, 2.75) is 70.8 Å². The minimum atomic E-state index is -0.521. The Kier molecular flexibility index (Phi) is 7.33. The quantitative estimate of drug-likeness (QED) is 0.711. The van der Waals surface area contributed by atoms with Gasteiger partial charge in [0.25, 0.3) is 0 Å². The van der Waals surface area contributed by atoms with Crippen LogP contribution in [-0.4, -0.2) is 24.3 Å². The second-order valence-electron chi connectivity index (χ2n) is 5.58. The summed E-state index contributed by atoms with van der Waals surface area (Å²) in [6, 6.07) is 0. The van der Waals surface area contributed by atoms with Crippen LogP contribution >= 0.6 is 0 Å². The van der Waals surface area contributed by atoms with Gasteiger partial charge in [-0.2, -0.15) is 0 Å². The van der Waals surface area contributed by atoms with Crippen LogP contribution in [0.3, 0.4) is 0 Å². The summed E-state index contributed by atoms with van der Waals surface area (Å²) in [7, 11) is 1.41. The van der Waals surface area contributed by atoms with Crippen LogP contribution in [0.5, 0.6) is 0 Å². The monoisotopic (exact) mass is 256 g/mol. The highest BCUT2D eigenvalue weighted by atomic mass is 16.5. The molecular weight excluding hydrogens is 228 g/mol. The van der Waals surface area contributed by atoms with Gasteiger partial charge in [0, 0.05) is 0 Å². The largest absolute Gasteiger partial charge is 0.469 e. The Morgan fingerprint density at radius 2 is 2.00 bits per heavy atom. The molecule has 2 unspecified atom stereocenters. The van der Waals surface area contributed by atoms with E-state index in [9.17, 15) is 9.90 Å². The third-order valence-corrected chi connectivity index (χ3v) is 4.14.